The van der Waals surface area contributed by atoms with E-state index < -0.39 is 10.8 Å². The zero-order chi connectivity index (χ0) is 24.1. The van der Waals surface area contributed by atoms with E-state index in [1.165, 1.54) is 30.5 Å². The molecule has 1 amide bonds. The molecule has 0 bridgehead atoms. The number of carbonyl (C=O) groups is 1. The van der Waals surface area contributed by atoms with Crippen molar-refractivity contribution in [3.8, 4) is 17.1 Å². The fourth-order valence-corrected chi connectivity index (χ4v) is 3.02. The Kier molecular flexibility index (Phi) is 6.16. The molecule has 0 saturated heterocycles. The first-order valence-corrected chi connectivity index (χ1v) is 9.79. The SMILES string of the molecule is CC(/C=N\NC(=O)c1nnn(-c2nonc2N)c1-c1ccc([N+](=O)[O-])cc1)=C\c1ccccc1. The van der Waals surface area contributed by atoms with Crippen LogP contribution in [0.3, 0.4) is 0 Å². The van der Waals surface area contributed by atoms with Gasteiger partial charge in [-0.05, 0) is 40.5 Å². The van der Waals surface area contributed by atoms with Gasteiger partial charge in [0.15, 0.2) is 5.69 Å². The molecule has 0 radical (unpaired) electrons. The molecule has 2 aromatic carbocycles. The maximum atomic E-state index is 12.9. The normalized spacial score (nSPS) is 11.6. The van der Waals surface area contributed by atoms with Gasteiger partial charge in [0.1, 0.15) is 5.69 Å². The van der Waals surface area contributed by atoms with Crippen molar-refractivity contribution < 1.29 is 14.3 Å². The first-order chi connectivity index (χ1) is 16.4. The lowest BCUT2D eigenvalue weighted by atomic mass is 10.1. The maximum Gasteiger partial charge on any atom is 0.294 e. The van der Waals surface area contributed by atoms with E-state index in [9.17, 15) is 14.9 Å². The molecule has 13 nitrogen and oxygen atoms in total. The van der Waals surface area contributed by atoms with Gasteiger partial charge in [-0.1, -0.05) is 41.6 Å². The number of nitrogens with two attached hydrogens (primary N) is 1. The number of allylic oxidation sites excluding steroid dienone is 1. The van der Waals surface area contributed by atoms with Gasteiger partial charge >= 0.3 is 0 Å². The van der Waals surface area contributed by atoms with Crippen LogP contribution >= 0.6 is 0 Å². The average molecular weight is 459 g/mol. The highest BCUT2D eigenvalue weighted by Gasteiger charge is 2.25. The minimum atomic E-state index is -0.668. The van der Waals surface area contributed by atoms with Crippen LogP contribution in [-0.4, -0.2) is 42.4 Å². The van der Waals surface area contributed by atoms with Crippen molar-refractivity contribution in [2.45, 2.75) is 6.92 Å². The lowest BCUT2D eigenvalue weighted by Crippen LogP contribution is -2.19. The number of hydrogen-bond donors (Lipinski definition) is 2. The summed E-state index contributed by atoms with van der Waals surface area (Å²) in [6.07, 6.45) is 3.38. The molecule has 0 saturated carbocycles. The Balaban J connectivity index is 1.64. The Labute approximate surface area is 191 Å². The van der Waals surface area contributed by atoms with Crippen molar-refractivity contribution in [1.29, 1.82) is 0 Å². The predicted octanol–water partition coefficient (Wildman–Crippen LogP) is 2.63. The van der Waals surface area contributed by atoms with E-state index in [0.29, 0.717) is 5.56 Å². The molecule has 4 aromatic rings. The van der Waals surface area contributed by atoms with Gasteiger partial charge in [0.2, 0.25) is 11.6 Å². The van der Waals surface area contributed by atoms with E-state index in [1.807, 2.05) is 43.3 Å². The largest absolute Gasteiger partial charge is 0.378 e. The number of benzene rings is 2. The molecule has 0 aliphatic heterocycles. The molecule has 4 rings (SSSR count). The van der Waals surface area contributed by atoms with Crippen molar-refractivity contribution in [2.75, 3.05) is 5.73 Å². The highest BCUT2D eigenvalue weighted by molar-refractivity contribution is 5.99. The molecule has 34 heavy (non-hydrogen) atoms. The second-order valence-corrected chi connectivity index (χ2v) is 6.97. The second kappa shape index (κ2) is 9.52. The molecular formula is C21H17N9O4. The highest BCUT2D eigenvalue weighted by atomic mass is 16.6. The number of rotatable bonds is 7. The molecule has 0 aliphatic carbocycles. The number of carbonyl (C=O) groups excluding carboxylic acids is 1. The summed E-state index contributed by atoms with van der Waals surface area (Å²) in [4.78, 5) is 23.3. The minimum absolute atomic E-state index is 0.00467. The quantitative estimate of drug-likeness (QED) is 0.238. The first-order valence-electron chi connectivity index (χ1n) is 9.79. The standard InChI is InChI=1S/C21H17N9O4/c1-13(11-14-5-3-2-4-6-14)12-23-25-21(31)17-18(15-7-9-16(10-8-15)30(32)33)29(28-24-17)20-19(22)26-34-27-20/h2-12H,1H3,(H2,22,26)(H,25,31)/b13-11+,23-12-. The summed E-state index contributed by atoms with van der Waals surface area (Å²) in [5.41, 5.74) is 10.3. The summed E-state index contributed by atoms with van der Waals surface area (Å²) in [5, 5.41) is 30.0. The molecule has 0 atom stereocenters. The number of hydrazone groups is 1. The lowest BCUT2D eigenvalue weighted by Gasteiger charge is -2.05. The molecule has 3 N–H and O–H groups in total. The van der Waals surface area contributed by atoms with Crippen LogP contribution < -0.4 is 11.2 Å². The monoisotopic (exact) mass is 459 g/mol. The van der Waals surface area contributed by atoms with Gasteiger partial charge in [-0.2, -0.15) is 9.78 Å². The Morgan fingerprint density at radius 2 is 1.91 bits per heavy atom. The summed E-state index contributed by atoms with van der Waals surface area (Å²) < 4.78 is 5.78. The smallest absolute Gasteiger partial charge is 0.294 e. The summed E-state index contributed by atoms with van der Waals surface area (Å²) >= 11 is 0. The molecule has 0 unspecified atom stereocenters. The Morgan fingerprint density at radius 1 is 1.18 bits per heavy atom. The molecule has 2 aromatic heterocycles. The fraction of sp³-hybridized carbons (Fsp3) is 0.0476. The van der Waals surface area contributed by atoms with Crippen LogP contribution in [0.4, 0.5) is 11.5 Å². The number of nitro groups is 1. The van der Waals surface area contributed by atoms with Crippen molar-refractivity contribution >= 4 is 29.7 Å². The topological polar surface area (TPSA) is 180 Å². The predicted molar refractivity (Wildman–Crippen MR) is 122 cm³/mol. The Morgan fingerprint density at radius 3 is 2.56 bits per heavy atom. The van der Waals surface area contributed by atoms with Crippen LogP contribution in [0.15, 0.2) is 69.9 Å². The van der Waals surface area contributed by atoms with E-state index in [2.05, 4.69) is 35.8 Å². The van der Waals surface area contributed by atoms with E-state index >= 15 is 0 Å². The van der Waals surface area contributed by atoms with Crippen LogP contribution in [0.25, 0.3) is 23.2 Å². The number of nitro benzene ring substituents is 1. The third kappa shape index (κ3) is 4.67. The molecule has 0 spiro atoms. The molecule has 0 aliphatic rings. The molecule has 0 fully saturated rings. The van der Waals surface area contributed by atoms with Gasteiger partial charge in [0.25, 0.3) is 11.6 Å². The summed E-state index contributed by atoms with van der Waals surface area (Å²) in [5.74, 6) is -0.747. The summed E-state index contributed by atoms with van der Waals surface area (Å²) in [7, 11) is 0. The van der Waals surface area contributed by atoms with E-state index in [0.717, 1.165) is 15.8 Å². The van der Waals surface area contributed by atoms with Crippen LogP contribution in [0, 0.1) is 10.1 Å². The van der Waals surface area contributed by atoms with Gasteiger partial charge in [-0.3, -0.25) is 14.9 Å². The van der Waals surface area contributed by atoms with Crippen LogP contribution in [0.2, 0.25) is 0 Å². The van der Waals surface area contributed by atoms with E-state index in [1.54, 1.807) is 0 Å². The molecule has 2 heterocycles. The number of nitrogens with one attached hydrogen (secondary N) is 1. The maximum absolute atomic E-state index is 12.9. The number of non-ortho nitro benzene ring substituents is 1. The highest BCUT2D eigenvalue weighted by Crippen LogP contribution is 2.28. The number of aromatic nitrogens is 5. The average Bonchev–Trinajstić information content (AvgIpc) is 3.45. The molecular weight excluding hydrogens is 442 g/mol. The van der Waals surface area contributed by atoms with Crippen LogP contribution in [0.5, 0.6) is 0 Å². The van der Waals surface area contributed by atoms with Gasteiger partial charge in [-0.15, -0.1) is 5.10 Å². The zero-order valence-electron chi connectivity index (χ0n) is 17.7. The third-order valence-electron chi connectivity index (χ3n) is 4.56. The van der Waals surface area contributed by atoms with Gasteiger partial charge in [-0.25, -0.2) is 10.1 Å². The molecule has 13 heteroatoms. The van der Waals surface area contributed by atoms with Crippen molar-refractivity contribution in [2.24, 2.45) is 5.10 Å². The van der Waals surface area contributed by atoms with Crippen molar-refractivity contribution in [3.05, 3.63) is 81.5 Å². The third-order valence-corrected chi connectivity index (χ3v) is 4.56. The molecule has 170 valence electrons. The summed E-state index contributed by atoms with van der Waals surface area (Å²) in [6, 6.07) is 15.1. The number of hydrogen-bond acceptors (Lipinski definition) is 10. The minimum Gasteiger partial charge on any atom is -0.378 e. The van der Waals surface area contributed by atoms with Gasteiger partial charge in [0.05, 0.1) is 11.1 Å². The fourth-order valence-electron chi connectivity index (χ4n) is 3.02. The van der Waals surface area contributed by atoms with Crippen molar-refractivity contribution in [1.82, 2.24) is 30.7 Å². The zero-order valence-corrected chi connectivity index (χ0v) is 17.7. The number of amides is 1. The first kappa shape index (κ1) is 22.0. The van der Waals surface area contributed by atoms with Gasteiger partial charge in [0, 0.05) is 17.7 Å². The van der Waals surface area contributed by atoms with Gasteiger partial charge < -0.3 is 5.73 Å². The van der Waals surface area contributed by atoms with E-state index in [4.69, 9.17) is 5.73 Å². The van der Waals surface area contributed by atoms with Crippen LogP contribution in [0.1, 0.15) is 23.0 Å². The second-order valence-electron chi connectivity index (χ2n) is 6.97. The summed E-state index contributed by atoms with van der Waals surface area (Å²) in [6.45, 7) is 1.83. The Hall–Kier alpha value is -5.20. The Bertz CT molecular complexity index is 1390. The van der Waals surface area contributed by atoms with E-state index in [-0.39, 0.29) is 28.7 Å². The van der Waals surface area contributed by atoms with Crippen LogP contribution in [-0.2, 0) is 0 Å². The number of nitrogens with zero attached hydrogens (tertiary/aromatic N) is 7. The number of nitrogen functional groups attached to an aromatic ring is 1. The van der Waals surface area contributed by atoms with Crippen molar-refractivity contribution in [3.63, 3.8) is 0 Å². The lowest BCUT2D eigenvalue weighted by molar-refractivity contribution is -0.384. The number of anilines is 1.